The number of aliphatic hydroxyl groups excluding tert-OH is 1. The lowest BCUT2D eigenvalue weighted by molar-refractivity contribution is -0.146. The van der Waals surface area contributed by atoms with E-state index in [1.165, 1.54) is 17.8 Å². The SMILES string of the molecule is COc1ccc2nccc([C@@H](O)CC[C@@H]3CCN(CCCSc4ncccc4F)C[C@@H]3C(=O)O)c2c1. The van der Waals surface area contributed by atoms with Crippen LogP contribution in [0.15, 0.2) is 53.8 Å². The molecule has 0 unspecified atom stereocenters. The van der Waals surface area contributed by atoms with Crippen molar-refractivity contribution < 1.29 is 24.1 Å². The molecule has 192 valence electrons. The zero-order chi connectivity index (χ0) is 25.5. The van der Waals surface area contributed by atoms with Crippen molar-refractivity contribution in [3.05, 3.63) is 60.2 Å². The molecular formula is C27H32FN3O4S. The van der Waals surface area contributed by atoms with Crippen molar-refractivity contribution in [2.75, 3.05) is 32.5 Å². The average Bonchev–Trinajstić information content (AvgIpc) is 2.90. The number of hydrogen-bond acceptors (Lipinski definition) is 7. The Morgan fingerprint density at radius 2 is 2.14 bits per heavy atom. The number of carboxylic acids is 1. The predicted molar refractivity (Wildman–Crippen MR) is 138 cm³/mol. The van der Waals surface area contributed by atoms with E-state index >= 15 is 0 Å². The molecule has 1 aliphatic heterocycles. The van der Waals surface area contributed by atoms with Gasteiger partial charge < -0.3 is 19.8 Å². The zero-order valence-electron chi connectivity index (χ0n) is 20.3. The number of pyridine rings is 2. The van der Waals surface area contributed by atoms with Crippen molar-refractivity contribution in [1.82, 2.24) is 14.9 Å². The van der Waals surface area contributed by atoms with Crippen LogP contribution in [-0.2, 0) is 4.79 Å². The van der Waals surface area contributed by atoms with Gasteiger partial charge in [-0.2, -0.15) is 0 Å². The summed E-state index contributed by atoms with van der Waals surface area (Å²) in [6, 6.07) is 10.4. The first-order chi connectivity index (χ1) is 17.5. The van der Waals surface area contributed by atoms with Crippen molar-refractivity contribution >= 4 is 28.6 Å². The van der Waals surface area contributed by atoms with Gasteiger partial charge in [-0.15, -0.1) is 11.8 Å². The second kappa shape index (κ2) is 12.5. The molecule has 36 heavy (non-hydrogen) atoms. The summed E-state index contributed by atoms with van der Waals surface area (Å²) in [6.07, 6.45) is 5.28. The highest BCUT2D eigenvalue weighted by Gasteiger charge is 2.34. The number of carboxylic acid groups (broad SMARTS) is 1. The van der Waals surface area contributed by atoms with Gasteiger partial charge in [0.05, 0.1) is 24.6 Å². The molecule has 2 N–H and O–H groups in total. The fourth-order valence-corrected chi connectivity index (χ4v) is 5.73. The number of carbonyl (C=O) groups is 1. The first-order valence-electron chi connectivity index (χ1n) is 12.3. The van der Waals surface area contributed by atoms with Crippen LogP contribution in [0.25, 0.3) is 10.9 Å². The van der Waals surface area contributed by atoms with E-state index in [1.807, 2.05) is 24.3 Å². The van der Waals surface area contributed by atoms with Crippen LogP contribution in [-0.4, -0.2) is 63.5 Å². The van der Waals surface area contributed by atoms with Gasteiger partial charge in [0.2, 0.25) is 0 Å². The van der Waals surface area contributed by atoms with E-state index in [4.69, 9.17) is 4.74 Å². The van der Waals surface area contributed by atoms with Gasteiger partial charge in [0.1, 0.15) is 10.8 Å². The Morgan fingerprint density at radius 1 is 1.28 bits per heavy atom. The van der Waals surface area contributed by atoms with Crippen LogP contribution in [0.2, 0.25) is 0 Å². The summed E-state index contributed by atoms with van der Waals surface area (Å²) in [6.45, 7) is 2.09. The maximum Gasteiger partial charge on any atom is 0.308 e. The Balaban J connectivity index is 1.30. The standard InChI is InChI=1S/C27H32FN3O4S/c1-35-19-6-7-24-21(16-19)20(9-12-29-24)25(32)8-5-18-10-14-31(17-22(18)27(33)34)13-3-15-36-26-23(28)4-2-11-30-26/h2,4,6-7,9,11-12,16,18,22,25,32H,3,5,8,10,13-15,17H2,1H3,(H,33,34)/t18-,22+,25+/m1/s1. The molecule has 0 amide bonds. The van der Waals surface area contributed by atoms with Crippen molar-refractivity contribution in [2.24, 2.45) is 11.8 Å². The zero-order valence-corrected chi connectivity index (χ0v) is 21.2. The molecule has 3 aromatic rings. The van der Waals surface area contributed by atoms with Crippen LogP contribution in [0.3, 0.4) is 0 Å². The fraction of sp³-hybridized carbons (Fsp3) is 0.444. The number of likely N-dealkylation sites (tertiary alicyclic amines) is 1. The highest BCUT2D eigenvalue weighted by molar-refractivity contribution is 7.99. The summed E-state index contributed by atoms with van der Waals surface area (Å²) in [5.74, 6) is -0.138. The van der Waals surface area contributed by atoms with Crippen LogP contribution in [0.1, 0.15) is 37.4 Å². The van der Waals surface area contributed by atoms with E-state index < -0.39 is 18.0 Å². The first-order valence-corrected chi connectivity index (χ1v) is 13.2. The second-order valence-electron chi connectivity index (χ2n) is 9.16. The van der Waals surface area contributed by atoms with Crippen LogP contribution in [0, 0.1) is 17.7 Å². The van der Waals surface area contributed by atoms with E-state index in [0.717, 1.165) is 48.2 Å². The molecule has 1 fully saturated rings. The number of hydrogen-bond donors (Lipinski definition) is 2. The highest BCUT2D eigenvalue weighted by atomic mass is 32.2. The number of aliphatic carboxylic acids is 1. The molecule has 1 aromatic carbocycles. The van der Waals surface area contributed by atoms with Gasteiger partial charge in [0, 0.05) is 30.1 Å². The number of aliphatic hydroxyl groups is 1. The van der Waals surface area contributed by atoms with Gasteiger partial charge in [-0.05, 0) is 86.7 Å². The lowest BCUT2D eigenvalue weighted by Gasteiger charge is -2.37. The maximum absolute atomic E-state index is 13.7. The molecule has 4 rings (SSSR count). The minimum Gasteiger partial charge on any atom is -0.497 e. The number of methoxy groups -OCH3 is 1. The fourth-order valence-electron chi connectivity index (χ4n) is 4.92. The van der Waals surface area contributed by atoms with Crippen LogP contribution in [0.4, 0.5) is 4.39 Å². The second-order valence-corrected chi connectivity index (χ2v) is 10.2. The molecule has 2 aromatic heterocycles. The van der Waals surface area contributed by atoms with Gasteiger partial charge >= 0.3 is 5.97 Å². The molecule has 0 bridgehead atoms. The van der Waals surface area contributed by atoms with Gasteiger partial charge in [-0.1, -0.05) is 0 Å². The summed E-state index contributed by atoms with van der Waals surface area (Å²) in [5, 5.41) is 22.1. The largest absolute Gasteiger partial charge is 0.497 e. The van der Waals surface area contributed by atoms with Gasteiger partial charge in [0.25, 0.3) is 0 Å². The Morgan fingerprint density at radius 3 is 2.92 bits per heavy atom. The molecule has 3 heterocycles. The molecule has 1 saturated heterocycles. The van der Waals surface area contributed by atoms with E-state index in [-0.39, 0.29) is 11.7 Å². The normalized spacial score (nSPS) is 19.3. The number of rotatable bonds is 11. The predicted octanol–water partition coefficient (Wildman–Crippen LogP) is 4.80. The quantitative estimate of drug-likeness (QED) is 0.279. The van der Waals surface area contributed by atoms with E-state index in [9.17, 15) is 19.4 Å². The molecule has 1 aliphatic rings. The minimum atomic E-state index is -0.789. The average molecular weight is 514 g/mol. The molecule has 0 spiro atoms. The third-order valence-electron chi connectivity index (χ3n) is 6.89. The third-order valence-corrected chi connectivity index (χ3v) is 7.96. The maximum atomic E-state index is 13.7. The topological polar surface area (TPSA) is 95.8 Å². The highest BCUT2D eigenvalue weighted by Crippen LogP contribution is 2.34. The summed E-state index contributed by atoms with van der Waals surface area (Å²) >= 11 is 1.39. The Kier molecular flexibility index (Phi) is 9.12. The van der Waals surface area contributed by atoms with Crippen molar-refractivity contribution in [3.63, 3.8) is 0 Å². The number of ether oxygens (including phenoxy) is 1. The molecule has 7 nitrogen and oxygen atoms in total. The molecule has 0 saturated carbocycles. The Bertz CT molecular complexity index is 1180. The number of benzene rings is 1. The van der Waals surface area contributed by atoms with Gasteiger partial charge in [-0.25, -0.2) is 9.37 Å². The summed E-state index contributed by atoms with van der Waals surface area (Å²) in [7, 11) is 1.60. The summed E-state index contributed by atoms with van der Waals surface area (Å²) < 4.78 is 19.0. The van der Waals surface area contributed by atoms with Crippen molar-refractivity contribution in [3.8, 4) is 5.75 Å². The molecule has 9 heteroatoms. The monoisotopic (exact) mass is 513 g/mol. The number of halogens is 1. The summed E-state index contributed by atoms with van der Waals surface area (Å²) in [4.78, 5) is 22.7. The number of nitrogens with zero attached hydrogens (tertiary/aromatic N) is 3. The Hall–Kier alpha value is -2.75. The number of piperidine rings is 1. The molecule has 0 radical (unpaired) electrons. The lowest BCUT2D eigenvalue weighted by atomic mass is 9.81. The van der Waals surface area contributed by atoms with Crippen molar-refractivity contribution in [2.45, 2.75) is 36.8 Å². The lowest BCUT2D eigenvalue weighted by Crippen LogP contribution is -2.44. The number of thioether (sulfide) groups is 1. The van der Waals surface area contributed by atoms with Crippen LogP contribution in [0.5, 0.6) is 5.75 Å². The van der Waals surface area contributed by atoms with Crippen LogP contribution >= 0.6 is 11.8 Å². The molecule has 0 aliphatic carbocycles. The smallest absolute Gasteiger partial charge is 0.308 e. The van der Waals surface area contributed by atoms with E-state index in [0.29, 0.717) is 30.2 Å². The van der Waals surface area contributed by atoms with Gasteiger partial charge in [-0.3, -0.25) is 9.78 Å². The van der Waals surface area contributed by atoms with Crippen molar-refractivity contribution in [1.29, 1.82) is 0 Å². The van der Waals surface area contributed by atoms with E-state index in [2.05, 4.69) is 14.9 Å². The summed E-state index contributed by atoms with van der Waals surface area (Å²) in [5.41, 5.74) is 1.57. The Labute approximate surface area is 214 Å². The molecule has 3 atom stereocenters. The van der Waals surface area contributed by atoms with Crippen LogP contribution < -0.4 is 4.74 Å². The minimum absolute atomic E-state index is 0.00743. The third kappa shape index (κ3) is 6.52. The molecular weight excluding hydrogens is 481 g/mol. The first kappa shape index (κ1) is 26.3. The number of fused-ring (bicyclic) bond motifs is 1. The van der Waals surface area contributed by atoms with E-state index in [1.54, 1.807) is 25.6 Å². The number of aromatic nitrogens is 2. The van der Waals surface area contributed by atoms with Gasteiger partial charge in [0.15, 0.2) is 5.82 Å².